The van der Waals surface area contributed by atoms with Gasteiger partial charge in [0.2, 0.25) is 5.91 Å². The maximum atomic E-state index is 11.9. The first-order chi connectivity index (χ1) is 12.3. The van der Waals surface area contributed by atoms with Crippen molar-refractivity contribution in [1.82, 2.24) is 0 Å². The first-order valence-electron chi connectivity index (χ1n) is 10.4. The number of primary amides is 1. The second-order valence-electron chi connectivity index (χ2n) is 9.84. The van der Waals surface area contributed by atoms with Crippen LogP contribution in [0.15, 0.2) is 11.6 Å². The van der Waals surface area contributed by atoms with Crippen LogP contribution in [0.4, 0.5) is 0 Å². The lowest BCUT2D eigenvalue weighted by atomic mass is 9.44. The van der Waals surface area contributed by atoms with Gasteiger partial charge in [-0.3, -0.25) is 9.59 Å². The first-order valence-corrected chi connectivity index (χ1v) is 10.4. The molecule has 7 atom stereocenters. The van der Waals surface area contributed by atoms with Crippen LogP contribution in [0.25, 0.3) is 0 Å². The largest absolute Gasteiger partial charge is 0.463 e. The molecule has 0 saturated heterocycles. The summed E-state index contributed by atoms with van der Waals surface area (Å²) in [6.45, 7) is 6.30. The van der Waals surface area contributed by atoms with Crippen LogP contribution < -0.4 is 5.73 Å². The maximum absolute atomic E-state index is 11.9. The molecule has 0 spiro atoms. The Hall–Kier alpha value is -1.32. The Bertz CT molecular complexity index is 656. The molecule has 144 valence electrons. The minimum Gasteiger partial charge on any atom is -0.463 e. The van der Waals surface area contributed by atoms with Gasteiger partial charge in [-0.15, -0.1) is 0 Å². The Morgan fingerprint density at radius 2 is 1.88 bits per heavy atom. The number of rotatable bonds is 2. The van der Waals surface area contributed by atoms with Gasteiger partial charge < -0.3 is 10.5 Å². The summed E-state index contributed by atoms with van der Waals surface area (Å²) in [5.74, 6) is 2.32. The van der Waals surface area contributed by atoms with E-state index in [4.69, 9.17) is 10.5 Å². The fourth-order valence-electron chi connectivity index (χ4n) is 7.51. The average Bonchev–Trinajstić information content (AvgIpc) is 2.92. The zero-order chi connectivity index (χ0) is 18.7. The van der Waals surface area contributed by atoms with Crippen molar-refractivity contribution in [1.29, 1.82) is 0 Å². The number of nitrogens with two attached hydrogens (primary N) is 1. The Balaban J connectivity index is 1.54. The van der Waals surface area contributed by atoms with E-state index < -0.39 is 0 Å². The topological polar surface area (TPSA) is 69.4 Å². The molecule has 0 aromatic carbocycles. The molecule has 0 bridgehead atoms. The van der Waals surface area contributed by atoms with Crippen LogP contribution in [-0.2, 0) is 14.3 Å². The zero-order valence-corrected chi connectivity index (χ0v) is 16.4. The summed E-state index contributed by atoms with van der Waals surface area (Å²) in [5, 5.41) is 0. The van der Waals surface area contributed by atoms with Crippen molar-refractivity contribution >= 4 is 11.9 Å². The fraction of sp³-hybridized carbons (Fsp3) is 0.818. The number of allylic oxidation sites excluding steroid dienone is 1. The van der Waals surface area contributed by atoms with E-state index in [1.807, 2.05) is 0 Å². The molecule has 0 aromatic rings. The smallest absolute Gasteiger partial charge is 0.302 e. The van der Waals surface area contributed by atoms with Gasteiger partial charge in [-0.05, 0) is 80.5 Å². The minimum atomic E-state index is -0.213. The summed E-state index contributed by atoms with van der Waals surface area (Å²) in [6.07, 6.45) is 11.2. The van der Waals surface area contributed by atoms with Gasteiger partial charge in [-0.2, -0.15) is 0 Å². The molecule has 4 nitrogen and oxygen atoms in total. The predicted octanol–water partition coefficient (Wildman–Crippen LogP) is 3.98. The highest BCUT2D eigenvalue weighted by Gasteiger charge is 2.59. The number of carbonyl (C=O) groups excluding carboxylic acids is 2. The van der Waals surface area contributed by atoms with E-state index in [1.165, 1.54) is 26.2 Å². The Kier molecular flexibility index (Phi) is 4.24. The van der Waals surface area contributed by atoms with Crippen molar-refractivity contribution in [2.24, 2.45) is 40.2 Å². The Labute approximate surface area is 156 Å². The molecule has 3 saturated carbocycles. The van der Waals surface area contributed by atoms with Gasteiger partial charge in [0.15, 0.2) is 0 Å². The van der Waals surface area contributed by atoms with Crippen LogP contribution in [0.2, 0.25) is 0 Å². The van der Waals surface area contributed by atoms with Crippen molar-refractivity contribution in [2.75, 3.05) is 0 Å². The standard InChI is InChI=1S/C22H33NO3/c1-13(24)26-15-8-10-21(2)14(12-15)4-5-16-17-6-7-19(20(23)25)22(17,3)11-9-18(16)21/h7,14-18H,4-6,8-12H2,1-3H3,(H2,23,25)/t14?,15?,16-,17-,18-,21-,22-/m0/s1. The zero-order valence-electron chi connectivity index (χ0n) is 16.4. The first kappa shape index (κ1) is 18.1. The number of esters is 1. The normalized spacial score (nSPS) is 47.2. The molecule has 26 heavy (non-hydrogen) atoms. The van der Waals surface area contributed by atoms with E-state index >= 15 is 0 Å². The molecule has 4 aliphatic rings. The third-order valence-electron chi connectivity index (χ3n) is 8.80. The summed E-state index contributed by atoms with van der Waals surface area (Å²) < 4.78 is 5.55. The van der Waals surface area contributed by atoms with Gasteiger partial charge in [0.25, 0.3) is 0 Å². The van der Waals surface area contributed by atoms with Crippen molar-refractivity contribution in [3.8, 4) is 0 Å². The number of hydrogen-bond donors (Lipinski definition) is 1. The monoisotopic (exact) mass is 359 g/mol. The van der Waals surface area contributed by atoms with E-state index in [0.717, 1.165) is 43.6 Å². The van der Waals surface area contributed by atoms with Gasteiger partial charge in [-0.25, -0.2) is 0 Å². The molecule has 0 radical (unpaired) electrons. The molecule has 2 N–H and O–H groups in total. The van der Waals surface area contributed by atoms with Crippen molar-refractivity contribution in [3.63, 3.8) is 0 Å². The van der Waals surface area contributed by atoms with Gasteiger partial charge in [0, 0.05) is 17.9 Å². The van der Waals surface area contributed by atoms with Crippen LogP contribution in [0.1, 0.15) is 72.1 Å². The summed E-state index contributed by atoms with van der Waals surface area (Å²) in [6, 6.07) is 0. The molecule has 0 aromatic heterocycles. The second-order valence-corrected chi connectivity index (χ2v) is 9.84. The van der Waals surface area contributed by atoms with Crippen molar-refractivity contribution < 1.29 is 14.3 Å². The van der Waals surface area contributed by atoms with Crippen molar-refractivity contribution in [3.05, 3.63) is 11.6 Å². The number of carbonyl (C=O) groups is 2. The van der Waals surface area contributed by atoms with Crippen LogP contribution in [0, 0.1) is 34.5 Å². The van der Waals surface area contributed by atoms with Crippen molar-refractivity contribution in [2.45, 2.75) is 78.2 Å². The molecule has 1 amide bonds. The predicted molar refractivity (Wildman–Crippen MR) is 99.9 cm³/mol. The van der Waals surface area contributed by atoms with Gasteiger partial charge in [0.05, 0.1) is 0 Å². The maximum Gasteiger partial charge on any atom is 0.302 e. The lowest BCUT2D eigenvalue weighted by molar-refractivity contribution is -0.159. The molecule has 4 rings (SSSR count). The summed E-state index contributed by atoms with van der Waals surface area (Å²) >= 11 is 0. The van der Waals surface area contributed by atoms with Gasteiger partial charge in [0.1, 0.15) is 6.10 Å². The molecule has 4 aliphatic carbocycles. The molecule has 2 unspecified atom stereocenters. The molecule has 0 aliphatic heterocycles. The third kappa shape index (κ3) is 2.55. The number of fused-ring (bicyclic) bond motifs is 5. The number of hydrogen-bond acceptors (Lipinski definition) is 3. The Morgan fingerprint density at radius 1 is 1.12 bits per heavy atom. The fourth-order valence-corrected chi connectivity index (χ4v) is 7.51. The lowest BCUT2D eigenvalue weighted by Crippen LogP contribution is -2.54. The third-order valence-corrected chi connectivity index (χ3v) is 8.80. The number of amides is 1. The summed E-state index contributed by atoms with van der Waals surface area (Å²) in [4.78, 5) is 23.3. The number of ether oxygens (including phenoxy) is 1. The van der Waals surface area contributed by atoms with Crippen LogP contribution >= 0.6 is 0 Å². The molecular formula is C22H33NO3. The highest BCUT2D eigenvalue weighted by molar-refractivity contribution is 5.94. The summed E-state index contributed by atoms with van der Waals surface area (Å²) in [7, 11) is 0. The van der Waals surface area contributed by atoms with Crippen LogP contribution in [0.5, 0.6) is 0 Å². The van der Waals surface area contributed by atoms with Gasteiger partial charge in [-0.1, -0.05) is 19.9 Å². The Morgan fingerprint density at radius 3 is 2.58 bits per heavy atom. The molecule has 0 heterocycles. The highest BCUT2D eigenvalue weighted by atomic mass is 16.5. The lowest BCUT2D eigenvalue weighted by Gasteiger charge is -2.60. The average molecular weight is 360 g/mol. The molecular weight excluding hydrogens is 326 g/mol. The van der Waals surface area contributed by atoms with Crippen LogP contribution in [0.3, 0.4) is 0 Å². The second kappa shape index (κ2) is 6.10. The molecule has 4 heteroatoms. The summed E-state index contributed by atoms with van der Waals surface area (Å²) in [5.41, 5.74) is 6.94. The van der Waals surface area contributed by atoms with Gasteiger partial charge >= 0.3 is 5.97 Å². The van der Waals surface area contributed by atoms with E-state index in [0.29, 0.717) is 23.2 Å². The SMILES string of the molecule is CC(=O)OC1CC[C@@]2(C)C(CC[C@@H]3[C@@H]2CC[C@]2(C)C(C(N)=O)=CC[C@@H]32)C1. The van der Waals surface area contributed by atoms with E-state index in [9.17, 15) is 9.59 Å². The highest BCUT2D eigenvalue weighted by Crippen LogP contribution is 2.66. The quantitative estimate of drug-likeness (QED) is 0.758. The van der Waals surface area contributed by atoms with E-state index in [1.54, 1.807) is 0 Å². The molecule has 3 fully saturated rings. The minimum absolute atomic E-state index is 0.00879. The van der Waals surface area contributed by atoms with E-state index in [2.05, 4.69) is 19.9 Å². The van der Waals surface area contributed by atoms with Crippen LogP contribution in [-0.4, -0.2) is 18.0 Å². The van der Waals surface area contributed by atoms with E-state index in [-0.39, 0.29) is 23.4 Å².